The Kier molecular flexibility index (Phi) is 4.30. The number of amides is 3. The third-order valence-corrected chi connectivity index (χ3v) is 2.22. The standard InChI is InChI=1S/C10H12BrN3O2/c1-6-2-7(11)4-8(3-6)13-5-9(15)14-10(12)16/h2-4,13H,5H2,1H3,(H3,12,14,15,16). The molecule has 0 fully saturated rings. The zero-order valence-corrected chi connectivity index (χ0v) is 10.3. The first-order chi connectivity index (χ1) is 7.47. The average molecular weight is 286 g/mol. The lowest BCUT2D eigenvalue weighted by atomic mass is 10.2. The van der Waals surface area contributed by atoms with Crippen molar-refractivity contribution in [1.29, 1.82) is 0 Å². The number of imide groups is 1. The molecule has 0 radical (unpaired) electrons. The molecule has 86 valence electrons. The topological polar surface area (TPSA) is 84.2 Å². The highest BCUT2D eigenvalue weighted by molar-refractivity contribution is 9.10. The monoisotopic (exact) mass is 285 g/mol. The van der Waals surface area contributed by atoms with Crippen LogP contribution in [-0.2, 0) is 4.79 Å². The highest BCUT2D eigenvalue weighted by Gasteiger charge is 2.03. The van der Waals surface area contributed by atoms with Gasteiger partial charge in [0.25, 0.3) is 0 Å². The van der Waals surface area contributed by atoms with Crippen LogP contribution in [0.2, 0.25) is 0 Å². The highest BCUT2D eigenvalue weighted by Crippen LogP contribution is 2.18. The van der Waals surface area contributed by atoms with Crippen LogP contribution in [0.25, 0.3) is 0 Å². The largest absolute Gasteiger partial charge is 0.376 e. The molecule has 0 heterocycles. The quantitative estimate of drug-likeness (QED) is 0.784. The molecule has 5 nitrogen and oxygen atoms in total. The molecule has 3 amide bonds. The Hall–Kier alpha value is -1.56. The predicted molar refractivity (Wildman–Crippen MR) is 65.1 cm³/mol. The van der Waals surface area contributed by atoms with E-state index in [0.29, 0.717) is 0 Å². The van der Waals surface area contributed by atoms with Gasteiger partial charge in [-0.25, -0.2) is 4.79 Å². The number of aryl methyl sites for hydroxylation is 1. The number of benzene rings is 1. The summed E-state index contributed by atoms with van der Waals surface area (Å²) in [5.41, 5.74) is 6.66. The van der Waals surface area contributed by atoms with Gasteiger partial charge in [0.15, 0.2) is 0 Å². The van der Waals surface area contributed by atoms with E-state index >= 15 is 0 Å². The van der Waals surface area contributed by atoms with E-state index in [1.165, 1.54) is 0 Å². The van der Waals surface area contributed by atoms with E-state index in [1.807, 2.05) is 30.4 Å². The molecule has 0 aromatic heterocycles. The zero-order chi connectivity index (χ0) is 12.1. The normalized spacial score (nSPS) is 9.62. The Bertz CT molecular complexity index is 400. The van der Waals surface area contributed by atoms with Crippen LogP contribution < -0.4 is 16.4 Å². The molecule has 0 spiro atoms. The summed E-state index contributed by atoms with van der Waals surface area (Å²) in [5, 5.41) is 4.85. The molecule has 4 N–H and O–H groups in total. The van der Waals surface area contributed by atoms with E-state index in [0.717, 1.165) is 15.7 Å². The molecule has 0 atom stereocenters. The first-order valence-electron chi connectivity index (χ1n) is 4.58. The van der Waals surface area contributed by atoms with Crippen molar-refractivity contribution in [3.05, 3.63) is 28.2 Å². The van der Waals surface area contributed by atoms with Crippen LogP contribution in [0.1, 0.15) is 5.56 Å². The minimum Gasteiger partial charge on any atom is -0.376 e. The van der Waals surface area contributed by atoms with E-state index in [-0.39, 0.29) is 6.54 Å². The average Bonchev–Trinajstić information content (AvgIpc) is 2.12. The van der Waals surface area contributed by atoms with Crippen molar-refractivity contribution < 1.29 is 9.59 Å². The van der Waals surface area contributed by atoms with Crippen molar-refractivity contribution in [2.75, 3.05) is 11.9 Å². The number of anilines is 1. The summed E-state index contributed by atoms with van der Waals surface area (Å²) in [6.07, 6.45) is 0. The number of nitrogens with two attached hydrogens (primary N) is 1. The van der Waals surface area contributed by atoms with Crippen molar-refractivity contribution >= 4 is 33.6 Å². The minimum absolute atomic E-state index is 0.00116. The summed E-state index contributed by atoms with van der Waals surface area (Å²) < 4.78 is 0.922. The fourth-order valence-electron chi connectivity index (χ4n) is 1.20. The predicted octanol–water partition coefficient (Wildman–Crippen LogP) is 1.36. The zero-order valence-electron chi connectivity index (χ0n) is 8.71. The van der Waals surface area contributed by atoms with E-state index in [9.17, 15) is 9.59 Å². The number of urea groups is 1. The molecule has 0 bridgehead atoms. The van der Waals surface area contributed by atoms with Crippen molar-refractivity contribution in [2.24, 2.45) is 5.73 Å². The maximum atomic E-state index is 11.1. The van der Waals surface area contributed by atoms with Crippen LogP contribution in [0.15, 0.2) is 22.7 Å². The van der Waals surface area contributed by atoms with E-state index in [2.05, 4.69) is 21.2 Å². The highest BCUT2D eigenvalue weighted by atomic mass is 79.9. The number of primary amides is 1. The lowest BCUT2D eigenvalue weighted by Crippen LogP contribution is -2.38. The number of carbonyl (C=O) groups is 2. The number of halogens is 1. The third kappa shape index (κ3) is 4.31. The number of carbonyl (C=O) groups excluding carboxylic acids is 2. The summed E-state index contributed by atoms with van der Waals surface area (Å²) in [6.45, 7) is 1.94. The van der Waals surface area contributed by atoms with Crippen LogP contribution in [0.3, 0.4) is 0 Å². The molecule has 0 aliphatic rings. The summed E-state index contributed by atoms with van der Waals surface area (Å²) in [7, 11) is 0. The Morgan fingerprint density at radius 1 is 1.38 bits per heavy atom. The second-order valence-electron chi connectivity index (χ2n) is 3.28. The molecule has 16 heavy (non-hydrogen) atoms. The van der Waals surface area contributed by atoms with Crippen LogP contribution in [0.4, 0.5) is 10.5 Å². The van der Waals surface area contributed by atoms with Crippen molar-refractivity contribution in [1.82, 2.24) is 5.32 Å². The van der Waals surface area contributed by atoms with Crippen LogP contribution in [-0.4, -0.2) is 18.5 Å². The van der Waals surface area contributed by atoms with Gasteiger partial charge < -0.3 is 11.1 Å². The van der Waals surface area contributed by atoms with Gasteiger partial charge in [0.2, 0.25) is 5.91 Å². The van der Waals surface area contributed by atoms with Gasteiger partial charge in [-0.15, -0.1) is 0 Å². The molecular formula is C10H12BrN3O2. The fraction of sp³-hybridized carbons (Fsp3) is 0.200. The summed E-state index contributed by atoms with van der Waals surface area (Å²) in [5.74, 6) is -0.467. The summed E-state index contributed by atoms with van der Waals surface area (Å²) in [6, 6.07) is 4.83. The van der Waals surface area contributed by atoms with Gasteiger partial charge >= 0.3 is 6.03 Å². The molecule has 6 heteroatoms. The molecule has 1 aromatic rings. The summed E-state index contributed by atoms with van der Waals surface area (Å²) in [4.78, 5) is 21.5. The molecule has 0 aliphatic carbocycles. The van der Waals surface area contributed by atoms with Crippen molar-refractivity contribution in [2.45, 2.75) is 6.92 Å². The molecule has 0 saturated heterocycles. The van der Waals surface area contributed by atoms with Gasteiger partial charge in [-0.1, -0.05) is 15.9 Å². The summed E-state index contributed by atoms with van der Waals surface area (Å²) >= 11 is 3.35. The first-order valence-corrected chi connectivity index (χ1v) is 5.37. The molecule has 0 aliphatic heterocycles. The molecule has 1 rings (SSSR count). The third-order valence-electron chi connectivity index (χ3n) is 1.76. The van der Waals surface area contributed by atoms with Crippen molar-refractivity contribution in [3.63, 3.8) is 0 Å². The Labute approximate surface area is 102 Å². The molecule has 1 aromatic carbocycles. The van der Waals surface area contributed by atoms with Gasteiger partial charge in [-0.05, 0) is 30.7 Å². The molecule has 0 unspecified atom stereocenters. The molecule has 0 saturated carbocycles. The number of nitrogens with one attached hydrogen (secondary N) is 2. The van der Waals surface area contributed by atoms with Gasteiger partial charge in [0, 0.05) is 10.2 Å². The van der Waals surface area contributed by atoms with Crippen LogP contribution >= 0.6 is 15.9 Å². The Balaban J connectivity index is 2.54. The van der Waals surface area contributed by atoms with E-state index < -0.39 is 11.9 Å². The van der Waals surface area contributed by atoms with Gasteiger partial charge in [0.05, 0.1) is 6.54 Å². The lowest BCUT2D eigenvalue weighted by molar-refractivity contribution is -0.118. The van der Waals surface area contributed by atoms with Crippen LogP contribution in [0.5, 0.6) is 0 Å². The van der Waals surface area contributed by atoms with Crippen LogP contribution in [0, 0.1) is 6.92 Å². The van der Waals surface area contributed by atoms with Crippen molar-refractivity contribution in [3.8, 4) is 0 Å². The lowest BCUT2D eigenvalue weighted by Gasteiger charge is -2.07. The maximum Gasteiger partial charge on any atom is 0.318 e. The second kappa shape index (κ2) is 5.50. The van der Waals surface area contributed by atoms with E-state index in [4.69, 9.17) is 5.73 Å². The smallest absolute Gasteiger partial charge is 0.318 e. The first kappa shape index (κ1) is 12.5. The number of hydrogen-bond donors (Lipinski definition) is 3. The fourth-order valence-corrected chi connectivity index (χ4v) is 1.81. The number of rotatable bonds is 3. The number of hydrogen-bond acceptors (Lipinski definition) is 3. The van der Waals surface area contributed by atoms with Gasteiger partial charge in [-0.3, -0.25) is 10.1 Å². The van der Waals surface area contributed by atoms with Gasteiger partial charge in [-0.2, -0.15) is 0 Å². The Morgan fingerprint density at radius 3 is 2.62 bits per heavy atom. The minimum atomic E-state index is -0.850. The second-order valence-corrected chi connectivity index (χ2v) is 4.20. The Morgan fingerprint density at radius 2 is 2.06 bits per heavy atom. The molecular weight excluding hydrogens is 274 g/mol. The SMILES string of the molecule is Cc1cc(Br)cc(NCC(=O)NC(N)=O)c1. The van der Waals surface area contributed by atoms with Gasteiger partial charge in [0.1, 0.15) is 0 Å². The van der Waals surface area contributed by atoms with E-state index in [1.54, 1.807) is 0 Å². The maximum absolute atomic E-state index is 11.1.